The van der Waals surface area contributed by atoms with Crippen LogP contribution in [0.5, 0.6) is 11.5 Å². The average molecular weight is 475 g/mol. The Labute approximate surface area is 198 Å². The molecule has 7 nitrogen and oxygen atoms in total. The van der Waals surface area contributed by atoms with Crippen molar-refractivity contribution < 1.29 is 38.0 Å². The summed E-state index contributed by atoms with van der Waals surface area (Å²) in [6, 6.07) is 6.97. The minimum atomic E-state index is -1.36. The number of ether oxygens (including phenoxy) is 5. The van der Waals surface area contributed by atoms with Crippen LogP contribution in [0.4, 0.5) is 4.39 Å². The fourth-order valence-electron chi connectivity index (χ4n) is 4.45. The molecule has 2 fully saturated rings. The van der Waals surface area contributed by atoms with E-state index in [4.69, 9.17) is 23.7 Å². The maximum absolute atomic E-state index is 15.5. The number of aryl methyl sites for hydroxylation is 1. The summed E-state index contributed by atoms with van der Waals surface area (Å²) >= 11 is 0. The van der Waals surface area contributed by atoms with Gasteiger partial charge in [0.05, 0.1) is 39.6 Å². The second-order valence-corrected chi connectivity index (χ2v) is 8.84. The zero-order chi connectivity index (χ0) is 24.3. The van der Waals surface area contributed by atoms with Crippen LogP contribution in [-0.2, 0) is 25.6 Å². The van der Waals surface area contributed by atoms with Crippen LogP contribution >= 0.6 is 0 Å². The Morgan fingerprint density at radius 1 is 1.15 bits per heavy atom. The standard InChI is InChI=1S/C26H31FO7/c1-16-12-22(23(27)24(30-3)17(16)2)21-5-4-19(13-18(21)14-33-20-6-9-32-15-20)34-26(25(28)29)7-10-31-11-8-26/h4-5,12-13,20H,6-11,14-15H2,1-3H3,(H,28,29)/t20-/m0/s1. The molecule has 1 N–H and O–H groups in total. The molecule has 2 aromatic carbocycles. The van der Waals surface area contributed by atoms with Gasteiger partial charge in [-0.3, -0.25) is 0 Å². The van der Waals surface area contributed by atoms with Crippen molar-refractivity contribution in [2.45, 2.75) is 51.4 Å². The second kappa shape index (κ2) is 10.3. The Bertz CT molecular complexity index is 1040. The lowest BCUT2D eigenvalue weighted by Gasteiger charge is -2.33. The van der Waals surface area contributed by atoms with Crippen molar-refractivity contribution in [2.75, 3.05) is 33.5 Å². The lowest BCUT2D eigenvalue weighted by molar-refractivity contribution is -0.163. The molecule has 0 bridgehead atoms. The van der Waals surface area contributed by atoms with Gasteiger partial charge in [-0.15, -0.1) is 0 Å². The third-order valence-electron chi connectivity index (χ3n) is 6.67. The summed E-state index contributed by atoms with van der Waals surface area (Å²) in [6.45, 7) is 5.73. The molecule has 0 amide bonds. The second-order valence-electron chi connectivity index (χ2n) is 8.84. The zero-order valence-corrected chi connectivity index (χ0v) is 19.8. The highest BCUT2D eigenvalue weighted by atomic mass is 19.1. The molecule has 0 unspecified atom stereocenters. The first-order chi connectivity index (χ1) is 16.3. The molecular weight excluding hydrogens is 443 g/mol. The number of halogens is 1. The van der Waals surface area contributed by atoms with Crippen molar-refractivity contribution in [3.8, 4) is 22.6 Å². The van der Waals surface area contributed by atoms with Gasteiger partial charge >= 0.3 is 5.97 Å². The minimum absolute atomic E-state index is 0.0441. The first kappa shape index (κ1) is 24.4. The third-order valence-corrected chi connectivity index (χ3v) is 6.67. The van der Waals surface area contributed by atoms with E-state index in [1.807, 2.05) is 13.8 Å². The summed E-state index contributed by atoms with van der Waals surface area (Å²) in [5.74, 6) is -0.870. The SMILES string of the molecule is COc1c(C)c(C)cc(-c2ccc(OC3(C(=O)O)CCOCC3)cc2CO[C@H]2CCOC2)c1F. The summed E-state index contributed by atoms with van der Waals surface area (Å²) in [5, 5.41) is 9.87. The van der Waals surface area contributed by atoms with E-state index < -0.39 is 17.4 Å². The number of benzene rings is 2. The molecule has 2 heterocycles. The Kier molecular flexibility index (Phi) is 7.40. The van der Waals surface area contributed by atoms with Crippen LogP contribution in [0.25, 0.3) is 11.1 Å². The Balaban J connectivity index is 1.73. The molecule has 2 saturated heterocycles. The van der Waals surface area contributed by atoms with E-state index in [0.717, 1.165) is 17.5 Å². The summed E-state index contributed by atoms with van der Waals surface area (Å²) in [6.07, 6.45) is 1.24. The van der Waals surface area contributed by atoms with Crippen LogP contribution in [0.2, 0.25) is 0 Å². The Morgan fingerprint density at radius 2 is 1.91 bits per heavy atom. The van der Waals surface area contributed by atoms with E-state index in [-0.39, 0.29) is 31.3 Å². The number of rotatable bonds is 8. The predicted molar refractivity (Wildman–Crippen MR) is 123 cm³/mol. The van der Waals surface area contributed by atoms with Crippen molar-refractivity contribution in [2.24, 2.45) is 0 Å². The van der Waals surface area contributed by atoms with Crippen molar-refractivity contribution in [1.29, 1.82) is 0 Å². The number of hydrogen-bond donors (Lipinski definition) is 1. The molecule has 0 spiro atoms. The smallest absolute Gasteiger partial charge is 0.348 e. The number of hydrogen-bond acceptors (Lipinski definition) is 6. The molecule has 0 radical (unpaired) electrons. The van der Waals surface area contributed by atoms with E-state index >= 15 is 4.39 Å². The van der Waals surface area contributed by atoms with Crippen LogP contribution in [0.1, 0.15) is 36.0 Å². The van der Waals surface area contributed by atoms with Gasteiger partial charge in [0.15, 0.2) is 11.6 Å². The van der Waals surface area contributed by atoms with Crippen LogP contribution in [-0.4, -0.2) is 56.3 Å². The quantitative estimate of drug-likeness (QED) is 0.606. The van der Waals surface area contributed by atoms with E-state index in [1.165, 1.54) is 7.11 Å². The van der Waals surface area contributed by atoms with Gasteiger partial charge in [0, 0.05) is 25.0 Å². The van der Waals surface area contributed by atoms with Gasteiger partial charge in [-0.05, 0) is 60.7 Å². The molecule has 2 aromatic rings. The normalized spacial score (nSPS) is 19.7. The first-order valence-corrected chi connectivity index (χ1v) is 11.5. The van der Waals surface area contributed by atoms with Crippen LogP contribution in [0.3, 0.4) is 0 Å². The topological polar surface area (TPSA) is 83.5 Å². The van der Waals surface area contributed by atoms with Gasteiger partial charge < -0.3 is 28.8 Å². The van der Waals surface area contributed by atoms with Gasteiger partial charge in [0.1, 0.15) is 5.75 Å². The molecule has 1 atom stereocenters. The van der Waals surface area contributed by atoms with Crippen molar-refractivity contribution in [1.82, 2.24) is 0 Å². The van der Waals surface area contributed by atoms with Gasteiger partial charge in [0.25, 0.3) is 0 Å². The van der Waals surface area contributed by atoms with Gasteiger partial charge in [-0.1, -0.05) is 6.07 Å². The molecule has 184 valence electrons. The van der Waals surface area contributed by atoms with Crippen LogP contribution < -0.4 is 9.47 Å². The maximum Gasteiger partial charge on any atom is 0.348 e. The fourth-order valence-corrected chi connectivity index (χ4v) is 4.45. The lowest BCUT2D eigenvalue weighted by atomic mass is 9.93. The number of carbonyl (C=O) groups is 1. The first-order valence-electron chi connectivity index (χ1n) is 11.5. The molecule has 0 aliphatic carbocycles. The number of methoxy groups -OCH3 is 1. The average Bonchev–Trinajstić information content (AvgIpc) is 3.35. The molecule has 8 heteroatoms. The van der Waals surface area contributed by atoms with E-state index in [1.54, 1.807) is 24.3 Å². The number of aliphatic carboxylic acids is 1. The molecule has 0 saturated carbocycles. The largest absolute Gasteiger partial charge is 0.493 e. The monoisotopic (exact) mass is 474 g/mol. The summed E-state index contributed by atoms with van der Waals surface area (Å²) < 4.78 is 43.6. The van der Waals surface area contributed by atoms with E-state index in [2.05, 4.69) is 0 Å². The minimum Gasteiger partial charge on any atom is -0.493 e. The Morgan fingerprint density at radius 3 is 2.56 bits per heavy atom. The molecule has 2 aliphatic rings. The summed E-state index contributed by atoms with van der Waals surface area (Å²) in [4.78, 5) is 12.1. The fraction of sp³-hybridized carbons (Fsp3) is 0.500. The molecule has 4 rings (SSSR count). The highest BCUT2D eigenvalue weighted by Crippen LogP contribution is 2.38. The summed E-state index contributed by atoms with van der Waals surface area (Å²) in [5.41, 5.74) is 2.02. The highest BCUT2D eigenvalue weighted by molar-refractivity contribution is 5.78. The predicted octanol–water partition coefficient (Wildman–Crippen LogP) is 4.44. The third kappa shape index (κ3) is 4.89. The molecule has 2 aliphatic heterocycles. The van der Waals surface area contributed by atoms with Gasteiger partial charge in [0.2, 0.25) is 5.60 Å². The maximum atomic E-state index is 15.5. The van der Waals surface area contributed by atoms with Gasteiger partial charge in [-0.25, -0.2) is 9.18 Å². The van der Waals surface area contributed by atoms with Crippen LogP contribution in [0.15, 0.2) is 24.3 Å². The highest BCUT2D eigenvalue weighted by Gasteiger charge is 2.43. The van der Waals surface area contributed by atoms with Crippen molar-refractivity contribution in [3.63, 3.8) is 0 Å². The van der Waals surface area contributed by atoms with Gasteiger partial charge in [-0.2, -0.15) is 0 Å². The number of carboxylic acids is 1. The Hall–Kier alpha value is -2.68. The number of carboxylic acid groups (broad SMARTS) is 1. The summed E-state index contributed by atoms with van der Waals surface area (Å²) in [7, 11) is 1.45. The van der Waals surface area contributed by atoms with Crippen molar-refractivity contribution in [3.05, 3.63) is 46.8 Å². The molecule has 0 aromatic heterocycles. The van der Waals surface area contributed by atoms with Crippen molar-refractivity contribution >= 4 is 5.97 Å². The van der Waals surface area contributed by atoms with E-state index in [9.17, 15) is 9.90 Å². The lowest BCUT2D eigenvalue weighted by Crippen LogP contribution is -2.49. The molecule has 34 heavy (non-hydrogen) atoms. The molecular formula is C26H31FO7. The van der Waals surface area contributed by atoms with Crippen LogP contribution in [0, 0.1) is 19.7 Å². The van der Waals surface area contributed by atoms with E-state index in [0.29, 0.717) is 48.9 Å². The zero-order valence-electron chi connectivity index (χ0n) is 19.8.